The fourth-order valence-electron chi connectivity index (χ4n) is 2.04. The number of pyridine rings is 1. The minimum Gasteiger partial charge on any atom is -0.397 e. The van der Waals surface area contributed by atoms with Crippen molar-refractivity contribution < 1.29 is 0 Å². The lowest BCUT2D eigenvalue weighted by molar-refractivity contribution is 1.41. The van der Waals surface area contributed by atoms with Crippen molar-refractivity contribution in [2.75, 3.05) is 11.1 Å². The number of nitrogens with zero attached hydrogens (tertiary/aromatic N) is 1. The molecule has 3 N–H and O–H groups in total. The first kappa shape index (κ1) is 13.2. The molecule has 0 aliphatic carbocycles. The average molecular weight is 349 g/mol. The highest BCUT2D eigenvalue weighted by Crippen LogP contribution is 2.32. The molecule has 3 rings (SSSR count). The molecule has 0 spiro atoms. The van der Waals surface area contributed by atoms with Crippen molar-refractivity contribution in [2.45, 2.75) is 0 Å². The summed E-state index contributed by atoms with van der Waals surface area (Å²) in [6.07, 6.45) is 1.74. The van der Waals surface area contributed by atoms with Crippen molar-refractivity contribution in [1.82, 2.24) is 4.98 Å². The number of halogens is 2. The van der Waals surface area contributed by atoms with E-state index in [1.54, 1.807) is 6.20 Å². The van der Waals surface area contributed by atoms with Crippen molar-refractivity contribution in [3.8, 4) is 0 Å². The van der Waals surface area contributed by atoms with E-state index < -0.39 is 0 Å². The summed E-state index contributed by atoms with van der Waals surface area (Å²) in [6.45, 7) is 0. The predicted octanol–water partition coefficient (Wildman–Crippen LogP) is 4.98. The second kappa shape index (κ2) is 5.31. The van der Waals surface area contributed by atoms with Crippen LogP contribution in [0.2, 0.25) is 5.02 Å². The third kappa shape index (κ3) is 2.44. The lowest BCUT2D eigenvalue weighted by atomic mass is 10.1. The smallest absolute Gasteiger partial charge is 0.0951 e. The van der Waals surface area contributed by atoms with Crippen molar-refractivity contribution in [1.29, 1.82) is 0 Å². The zero-order valence-electron chi connectivity index (χ0n) is 10.4. The van der Waals surface area contributed by atoms with Crippen LogP contribution >= 0.6 is 27.5 Å². The zero-order valence-corrected chi connectivity index (χ0v) is 12.7. The van der Waals surface area contributed by atoms with Crippen LogP contribution in [0.5, 0.6) is 0 Å². The van der Waals surface area contributed by atoms with E-state index in [4.69, 9.17) is 17.3 Å². The predicted molar refractivity (Wildman–Crippen MR) is 88.6 cm³/mol. The Hall–Kier alpha value is -1.78. The van der Waals surface area contributed by atoms with Gasteiger partial charge in [-0.05, 0) is 58.4 Å². The van der Waals surface area contributed by atoms with Crippen LogP contribution in [0, 0.1) is 0 Å². The van der Waals surface area contributed by atoms with Crippen LogP contribution in [0.3, 0.4) is 0 Å². The number of fused-ring (bicyclic) bond motifs is 1. The van der Waals surface area contributed by atoms with Gasteiger partial charge in [-0.2, -0.15) is 0 Å². The van der Waals surface area contributed by atoms with Gasteiger partial charge in [0.2, 0.25) is 0 Å². The normalized spacial score (nSPS) is 10.7. The Morgan fingerprint density at radius 1 is 1.10 bits per heavy atom. The van der Waals surface area contributed by atoms with Crippen molar-refractivity contribution in [3.63, 3.8) is 0 Å². The number of benzene rings is 2. The molecule has 2 aromatic carbocycles. The third-order valence-corrected chi connectivity index (χ3v) is 3.89. The molecule has 0 fully saturated rings. The van der Waals surface area contributed by atoms with Gasteiger partial charge in [-0.3, -0.25) is 4.98 Å². The lowest BCUT2D eigenvalue weighted by Crippen LogP contribution is -1.96. The van der Waals surface area contributed by atoms with Gasteiger partial charge < -0.3 is 11.1 Å². The number of anilines is 3. The number of hydrogen-bond acceptors (Lipinski definition) is 3. The summed E-state index contributed by atoms with van der Waals surface area (Å²) < 4.78 is 0.902. The topological polar surface area (TPSA) is 50.9 Å². The van der Waals surface area contributed by atoms with Crippen LogP contribution in [-0.4, -0.2) is 4.98 Å². The maximum atomic E-state index is 5.95. The summed E-state index contributed by atoms with van der Waals surface area (Å²) in [5.74, 6) is 0. The average Bonchev–Trinajstić information content (AvgIpc) is 2.45. The van der Waals surface area contributed by atoms with E-state index in [1.165, 1.54) is 0 Å². The molecule has 0 unspecified atom stereocenters. The minimum absolute atomic E-state index is 0.668. The highest BCUT2D eigenvalue weighted by Gasteiger charge is 2.07. The molecule has 0 aliphatic rings. The molecule has 20 heavy (non-hydrogen) atoms. The molecular weight excluding hydrogens is 338 g/mol. The molecule has 0 saturated heterocycles. The Labute approximate surface area is 129 Å². The number of aromatic nitrogens is 1. The summed E-state index contributed by atoms with van der Waals surface area (Å²) in [5, 5.41) is 5.04. The first-order valence-electron chi connectivity index (χ1n) is 6.00. The molecular formula is C15H11BrClN3. The lowest BCUT2D eigenvalue weighted by Gasteiger charge is -2.12. The summed E-state index contributed by atoms with van der Waals surface area (Å²) >= 11 is 9.45. The van der Waals surface area contributed by atoms with E-state index in [9.17, 15) is 0 Å². The van der Waals surface area contributed by atoms with Crippen LogP contribution < -0.4 is 11.1 Å². The van der Waals surface area contributed by atoms with Crippen molar-refractivity contribution in [2.24, 2.45) is 0 Å². The molecule has 0 atom stereocenters. The van der Waals surface area contributed by atoms with Gasteiger partial charge >= 0.3 is 0 Å². The van der Waals surface area contributed by atoms with E-state index in [0.29, 0.717) is 10.7 Å². The Bertz CT molecular complexity index is 789. The molecule has 3 aromatic rings. The molecule has 0 bridgehead atoms. The standard InChI is InChI=1S/C15H11BrClN3/c16-11-8-9(17)3-5-14(11)20-13-6-4-12(18)15-10(13)2-1-7-19-15/h1-8,20H,18H2. The maximum Gasteiger partial charge on any atom is 0.0951 e. The third-order valence-electron chi connectivity index (χ3n) is 3.00. The van der Waals surface area contributed by atoms with Crippen molar-refractivity contribution >= 4 is 55.5 Å². The fraction of sp³-hybridized carbons (Fsp3) is 0. The Kier molecular flexibility index (Phi) is 3.51. The number of nitrogen functional groups attached to an aromatic ring is 1. The van der Waals surface area contributed by atoms with Crippen LogP contribution in [0.4, 0.5) is 17.1 Å². The quantitative estimate of drug-likeness (QED) is 0.642. The number of nitrogens with one attached hydrogen (secondary N) is 1. The van der Waals surface area contributed by atoms with E-state index >= 15 is 0 Å². The Morgan fingerprint density at radius 3 is 2.70 bits per heavy atom. The van der Waals surface area contributed by atoms with Gasteiger partial charge in [0, 0.05) is 26.8 Å². The van der Waals surface area contributed by atoms with Gasteiger partial charge in [-0.25, -0.2) is 0 Å². The summed E-state index contributed by atoms with van der Waals surface area (Å²) in [6, 6.07) is 13.3. The highest BCUT2D eigenvalue weighted by molar-refractivity contribution is 9.10. The molecule has 0 saturated carbocycles. The van der Waals surface area contributed by atoms with Gasteiger partial charge in [-0.1, -0.05) is 11.6 Å². The SMILES string of the molecule is Nc1ccc(Nc2ccc(Cl)cc2Br)c2cccnc12. The molecule has 0 aliphatic heterocycles. The van der Waals surface area contributed by atoms with Gasteiger partial charge in [-0.15, -0.1) is 0 Å². The van der Waals surface area contributed by atoms with E-state index in [0.717, 1.165) is 26.8 Å². The van der Waals surface area contributed by atoms with Crippen LogP contribution in [0.25, 0.3) is 10.9 Å². The number of hydrogen-bond donors (Lipinski definition) is 2. The van der Waals surface area contributed by atoms with Crippen LogP contribution in [-0.2, 0) is 0 Å². The molecule has 5 heteroatoms. The number of nitrogens with two attached hydrogens (primary N) is 1. The molecule has 3 nitrogen and oxygen atoms in total. The largest absolute Gasteiger partial charge is 0.397 e. The first-order valence-corrected chi connectivity index (χ1v) is 7.17. The molecule has 1 heterocycles. The van der Waals surface area contributed by atoms with E-state index in [1.807, 2.05) is 42.5 Å². The highest BCUT2D eigenvalue weighted by atomic mass is 79.9. The van der Waals surface area contributed by atoms with Gasteiger partial charge in [0.15, 0.2) is 0 Å². The second-order valence-corrected chi connectivity index (χ2v) is 5.64. The summed E-state index contributed by atoms with van der Waals surface area (Å²) in [7, 11) is 0. The first-order chi connectivity index (χ1) is 9.65. The maximum absolute atomic E-state index is 5.95. The van der Waals surface area contributed by atoms with Crippen LogP contribution in [0.1, 0.15) is 0 Å². The van der Waals surface area contributed by atoms with Crippen LogP contribution in [0.15, 0.2) is 53.1 Å². The zero-order chi connectivity index (χ0) is 14.1. The summed E-state index contributed by atoms with van der Waals surface area (Å²) in [5.41, 5.74) is 9.30. The molecule has 100 valence electrons. The summed E-state index contributed by atoms with van der Waals surface area (Å²) in [4.78, 5) is 4.32. The Morgan fingerprint density at radius 2 is 1.90 bits per heavy atom. The minimum atomic E-state index is 0.668. The van der Waals surface area contributed by atoms with Gasteiger partial charge in [0.1, 0.15) is 0 Å². The van der Waals surface area contributed by atoms with E-state index in [2.05, 4.69) is 26.2 Å². The molecule has 0 amide bonds. The monoisotopic (exact) mass is 347 g/mol. The second-order valence-electron chi connectivity index (χ2n) is 4.35. The van der Waals surface area contributed by atoms with E-state index in [-0.39, 0.29) is 0 Å². The molecule has 0 radical (unpaired) electrons. The van der Waals surface area contributed by atoms with Gasteiger partial charge in [0.25, 0.3) is 0 Å². The van der Waals surface area contributed by atoms with Gasteiger partial charge in [0.05, 0.1) is 16.9 Å². The Balaban J connectivity index is 2.09. The number of rotatable bonds is 2. The molecule has 1 aromatic heterocycles. The van der Waals surface area contributed by atoms with Crippen molar-refractivity contribution in [3.05, 3.63) is 58.2 Å². The fourth-order valence-corrected chi connectivity index (χ4v) is 2.82.